The van der Waals surface area contributed by atoms with Gasteiger partial charge in [-0.05, 0) is 49.2 Å². The van der Waals surface area contributed by atoms with Crippen molar-refractivity contribution in [2.24, 2.45) is 0 Å². The number of rotatable bonds is 4. The van der Waals surface area contributed by atoms with E-state index in [1.165, 1.54) is 12.1 Å². The topological polar surface area (TPSA) is 46.2 Å². The lowest BCUT2D eigenvalue weighted by Crippen LogP contribution is -2.27. The average Bonchev–Trinajstić information content (AvgIpc) is 2.42. The quantitative estimate of drug-likeness (QED) is 0.744. The van der Waals surface area contributed by atoms with Crippen LogP contribution in [0.1, 0.15) is 24.1 Å². The summed E-state index contributed by atoms with van der Waals surface area (Å²) in [5.41, 5.74) is 1.51. The lowest BCUT2D eigenvalue weighted by molar-refractivity contribution is 0.567. The Morgan fingerprint density at radius 3 is 2.27 bits per heavy atom. The third kappa shape index (κ3) is 4.03. The number of sulfonamides is 1. The van der Waals surface area contributed by atoms with Crippen LogP contribution in [0, 0.1) is 6.92 Å². The minimum absolute atomic E-state index is 0.0278. The molecular weight excluding hydrogens is 409 g/mol. The molecule has 0 saturated carbocycles. The van der Waals surface area contributed by atoms with Gasteiger partial charge in [0.2, 0.25) is 10.0 Å². The maximum absolute atomic E-state index is 12.5. The monoisotopic (exact) mass is 421 g/mol. The highest BCUT2D eigenvalue weighted by atomic mass is 79.9. The molecule has 3 nitrogen and oxygen atoms in total. The highest BCUT2D eigenvalue weighted by Crippen LogP contribution is 2.29. The standard InChI is InChI=1S/C15H14BrCl2NO2S/c1-9-7-15(14(18)8-13(9)17)22(20,21)19-10(2)11-3-5-12(16)6-4-11/h3-8,10,19H,1-2H3. The average molecular weight is 423 g/mol. The van der Waals surface area contributed by atoms with Gasteiger partial charge in [-0.15, -0.1) is 0 Å². The molecule has 0 heterocycles. The fourth-order valence-corrected chi connectivity index (χ4v) is 4.28. The number of aryl methyl sites for hydroxylation is 1. The van der Waals surface area contributed by atoms with Crippen LogP contribution in [0.5, 0.6) is 0 Å². The van der Waals surface area contributed by atoms with Crippen molar-refractivity contribution in [3.8, 4) is 0 Å². The lowest BCUT2D eigenvalue weighted by atomic mass is 10.1. The van der Waals surface area contributed by atoms with Crippen molar-refractivity contribution in [3.63, 3.8) is 0 Å². The second-order valence-corrected chi connectivity index (χ2v) is 8.34. The summed E-state index contributed by atoms with van der Waals surface area (Å²) in [4.78, 5) is 0.0278. The van der Waals surface area contributed by atoms with Crippen molar-refractivity contribution in [1.82, 2.24) is 4.72 Å². The van der Waals surface area contributed by atoms with Crippen molar-refractivity contribution < 1.29 is 8.42 Å². The minimum Gasteiger partial charge on any atom is -0.207 e. The Labute approximate surface area is 148 Å². The number of benzene rings is 2. The Hall–Kier alpha value is -0.590. The maximum Gasteiger partial charge on any atom is 0.242 e. The summed E-state index contributed by atoms with van der Waals surface area (Å²) in [5.74, 6) is 0. The van der Waals surface area contributed by atoms with Crippen LogP contribution in [0.2, 0.25) is 10.0 Å². The molecule has 1 atom stereocenters. The van der Waals surface area contributed by atoms with Crippen molar-refractivity contribution >= 4 is 49.2 Å². The van der Waals surface area contributed by atoms with Gasteiger partial charge < -0.3 is 0 Å². The van der Waals surface area contributed by atoms with E-state index in [9.17, 15) is 8.42 Å². The van der Waals surface area contributed by atoms with Crippen LogP contribution in [0.3, 0.4) is 0 Å². The van der Waals surface area contributed by atoms with Crippen LogP contribution < -0.4 is 4.72 Å². The first-order valence-electron chi connectivity index (χ1n) is 6.44. The molecule has 7 heteroatoms. The maximum atomic E-state index is 12.5. The molecule has 0 radical (unpaired) electrons. The number of halogens is 3. The van der Waals surface area contributed by atoms with Crippen LogP contribution in [-0.4, -0.2) is 8.42 Å². The molecule has 22 heavy (non-hydrogen) atoms. The van der Waals surface area contributed by atoms with E-state index in [-0.39, 0.29) is 16.0 Å². The molecule has 0 bridgehead atoms. The van der Waals surface area contributed by atoms with Gasteiger partial charge in [0.05, 0.1) is 5.02 Å². The highest BCUT2D eigenvalue weighted by molar-refractivity contribution is 9.10. The SMILES string of the molecule is Cc1cc(S(=O)(=O)NC(C)c2ccc(Br)cc2)c(Cl)cc1Cl. The molecule has 1 unspecified atom stereocenters. The largest absolute Gasteiger partial charge is 0.242 e. The van der Waals surface area contributed by atoms with E-state index in [4.69, 9.17) is 23.2 Å². The van der Waals surface area contributed by atoms with Gasteiger partial charge in [-0.2, -0.15) is 0 Å². The number of hydrogen-bond donors (Lipinski definition) is 1. The van der Waals surface area contributed by atoms with Gasteiger partial charge in [0.1, 0.15) is 4.90 Å². The summed E-state index contributed by atoms with van der Waals surface area (Å²) < 4.78 is 28.6. The Morgan fingerprint density at radius 1 is 1.09 bits per heavy atom. The molecule has 2 aromatic carbocycles. The van der Waals surface area contributed by atoms with Crippen LogP contribution in [0.25, 0.3) is 0 Å². The van der Waals surface area contributed by atoms with E-state index in [0.29, 0.717) is 10.6 Å². The van der Waals surface area contributed by atoms with Crippen molar-refractivity contribution in [2.75, 3.05) is 0 Å². The molecule has 0 spiro atoms. The summed E-state index contributed by atoms with van der Waals surface area (Å²) in [7, 11) is -3.74. The molecule has 0 aliphatic rings. The van der Waals surface area contributed by atoms with Crippen LogP contribution in [-0.2, 0) is 10.0 Å². The molecule has 0 fully saturated rings. The lowest BCUT2D eigenvalue weighted by Gasteiger charge is -2.16. The molecule has 0 amide bonds. The third-order valence-electron chi connectivity index (χ3n) is 3.20. The van der Waals surface area contributed by atoms with Crippen molar-refractivity contribution in [3.05, 3.63) is 62.0 Å². The molecule has 2 rings (SSSR count). The fourth-order valence-electron chi connectivity index (χ4n) is 1.95. The molecule has 0 aliphatic carbocycles. The number of nitrogens with one attached hydrogen (secondary N) is 1. The Morgan fingerprint density at radius 2 is 1.68 bits per heavy atom. The summed E-state index contributed by atoms with van der Waals surface area (Å²) in [6, 6.07) is 9.96. The second-order valence-electron chi connectivity index (χ2n) is 4.93. The first-order valence-corrected chi connectivity index (χ1v) is 9.47. The Balaban J connectivity index is 2.31. The zero-order chi connectivity index (χ0) is 16.5. The molecule has 0 aliphatic heterocycles. The van der Waals surface area contributed by atoms with Gasteiger partial charge in [-0.3, -0.25) is 0 Å². The Bertz CT molecular complexity index is 792. The van der Waals surface area contributed by atoms with Gasteiger partial charge >= 0.3 is 0 Å². The summed E-state index contributed by atoms with van der Waals surface area (Å²) >= 11 is 15.3. The first kappa shape index (κ1) is 17.8. The molecular formula is C15H14BrCl2NO2S. The Kier molecular flexibility index (Phi) is 5.56. The molecule has 118 valence electrons. The normalized spacial score (nSPS) is 13.1. The van der Waals surface area contributed by atoms with Gasteiger partial charge in [-0.25, -0.2) is 13.1 Å². The van der Waals surface area contributed by atoms with E-state index >= 15 is 0 Å². The van der Waals surface area contributed by atoms with Gasteiger partial charge in [0.25, 0.3) is 0 Å². The van der Waals surface area contributed by atoms with Gasteiger partial charge in [0.15, 0.2) is 0 Å². The summed E-state index contributed by atoms with van der Waals surface area (Å²) in [6.07, 6.45) is 0. The van der Waals surface area contributed by atoms with E-state index in [0.717, 1.165) is 10.0 Å². The van der Waals surface area contributed by atoms with Gasteiger partial charge in [-0.1, -0.05) is 51.3 Å². The van der Waals surface area contributed by atoms with Crippen molar-refractivity contribution in [1.29, 1.82) is 0 Å². The predicted molar refractivity (Wildman–Crippen MR) is 94.1 cm³/mol. The zero-order valence-electron chi connectivity index (χ0n) is 11.9. The van der Waals surface area contributed by atoms with E-state index in [1.54, 1.807) is 13.8 Å². The third-order valence-corrected chi connectivity index (χ3v) is 6.15. The van der Waals surface area contributed by atoms with Gasteiger partial charge in [0, 0.05) is 15.5 Å². The number of hydrogen-bond acceptors (Lipinski definition) is 2. The predicted octanol–water partition coefficient (Wildman–Crippen LogP) is 5.10. The van der Waals surface area contributed by atoms with Crippen LogP contribution in [0.15, 0.2) is 45.8 Å². The summed E-state index contributed by atoms with van der Waals surface area (Å²) in [6.45, 7) is 3.51. The molecule has 2 aromatic rings. The zero-order valence-corrected chi connectivity index (χ0v) is 15.8. The first-order chi connectivity index (χ1) is 10.2. The van der Waals surface area contributed by atoms with E-state index < -0.39 is 10.0 Å². The van der Waals surface area contributed by atoms with Crippen LogP contribution >= 0.6 is 39.1 Å². The van der Waals surface area contributed by atoms with E-state index in [2.05, 4.69) is 20.7 Å². The highest BCUT2D eigenvalue weighted by Gasteiger charge is 2.22. The smallest absolute Gasteiger partial charge is 0.207 e. The molecule has 0 saturated heterocycles. The van der Waals surface area contributed by atoms with Crippen molar-refractivity contribution in [2.45, 2.75) is 24.8 Å². The second kappa shape index (κ2) is 6.89. The molecule has 1 N–H and O–H groups in total. The van der Waals surface area contributed by atoms with Crippen LogP contribution in [0.4, 0.5) is 0 Å². The minimum atomic E-state index is -3.74. The summed E-state index contributed by atoms with van der Waals surface area (Å²) in [5, 5.41) is 0.538. The fraction of sp³-hybridized carbons (Fsp3) is 0.200. The van der Waals surface area contributed by atoms with E-state index in [1.807, 2.05) is 24.3 Å². The molecule has 0 aromatic heterocycles.